The third kappa shape index (κ3) is 4.34. The highest BCUT2D eigenvalue weighted by molar-refractivity contribution is 5.81. The van der Waals surface area contributed by atoms with Gasteiger partial charge in [0.25, 0.3) is 5.56 Å². The van der Waals surface area contributed by atoms with E-state index >= 15 is 0 Å². The molecule has 0 spiro atoms. The number of aromatic amines is 1. The monoisotopic (exact) mass is 330 g/mol. The molecule has 128 valence electrons. The molecule has 0 aliphatic rings. The molecule has 7 nitrogen and oxygen atoms in total. The highest BCUT2D eigenvalue weighted by atomic mass is 16.5. The number of aryl methyl sites for hydroxylation is 1. The Labute approximate surface area is 140 Å². The fraction of sp³-hybridized carbons (Fsp3) is 0.353. The molecule has 1 heterocycles. The van der Waals surface area contributed by atoms with Crippen molar-refractivity contribution < 1.29 is 9.47 Å². The lowest BCUT2D eigenvalue weighted by Crippen LogP contribution is -2.15. The van der Waals surface area contributed by atoms with Crippen molar-refractivity contribution in [1.29, 1.82) is 0 Å². The number of ether oxygens (including phenoxy) is 2. The van der Waals surface area contributed by atoms with Gasteiger partial charge in [-0.25, -0.2) is 10.4 Å². The predicted octanol–water partition coefficient (Wildman–Crippen LogP) is 2.63. The molecule has 0 atom stereocenters. The van der Waals surface area contributed by atoms with Crippen molar-refractivity contribution in [3.63, 3.8) is 0 Å². The van der Waals surface area contributed by atoms with Crippen molar-refractivity contribution in [2.45, 2.75) is 27.2 Å². The summed E-state index contributed by atoms with van der Waals surface area (Å²) in [6.45, 7) is 6.16. The molecule has 2 N–H and O–H groups in total. The lowest BCUT2D eigenvalue weighted by Gasteiger charge is -2.10. The van der Waals surface area contributed by atoms with Gasteiger partial charge in [-0.1, -0.05) is 6.92 Å². The Hall–Kier alpha value is -2.83. The van der Waals surface area contributed by atoms with E-state index in [2.05, 4.69) is 20.5 Å². The van der Waals surface area contributed by atoms with E-state index in [0.29, 0.717) is 35.3 Å². The van der Waals surface area contributed by atoms with Crippen LogP contribution >= 0.6 is 0 Å². The first kappa shape index (κ1) is 17.5. The topological polar surface area (TPSA) is 88.6 Å². The molecule has 0 saturated carbocycles. The van der Waals surface area contributed by atoms with Gasteiger partial charge >= 0.3 is 0 Å². The van der Waals surface area contributed by atoms with Gasteiger partial charge in [0.2, 0.25) is 5.95 Å². The van der Waals surface area contributed by atoms with Crippen molar-refractivity contribution in [2.75, 3.05) is 19.1 Å². The molecular formula is C17H22N4O3. The molecule has 0 unspecified atom stereocenters. The molecule has 0 aliphatic carbocycles. The van der Waals surface area contributed by atoms with Crippen LogP contribution in [0.15, 0.2) is 28.1 Å². The molecule has 0 radical (unpaired) electrons. The first-order chi connectivity index (χ1) is 11.5. The number of aromatic nitrogens is 2. The number of methoxy groups -OCH3 is 1. The van der Waals surface area contributed by atoms with Crippen LogP contribution in [-0.2, 0) is 0 Å². The molecule has 2 rings (SSSR count). The standard InChI is InChI=1S/C17H22N4O3/c1-5-8-24-15-9-13(6-7-14(15)23-4)10-18-21-17-19-12(3)11(2)16(22)20-17/h6-7,9-10H,5,8H2,1-4H3,(H2,19,20,21,22)/b18-10-. The zero-order valence-electron chi connectivity index (χ0n) is 14.3. The number of anilines is 1. The van der Waals surface area contributed by atoms with Crippen LogP contribution in [0.1, 0.15) is 30.2 Å². The SMILES string of the molecule is CCCOc1cc(/C=N\Nc2nc(C)c(C)c(=O)[nH]2)ccc1OC. The fourth-order valence-electron chi connectivity index (χ4n) is 1.96. The maximum absolute atomic E-state index is 11.7. The first-order valence-corrected chi connectivity index (χ1v) is 7.72. The van der Waals surface area contributed by atoms with Crippen LogP contribution in [0.5, 0.6) is 11.5 Å². The molecule has 7 heteroatoms. The fourth-order valence-corrected chi connectivity index (χ4v) is 1.96. The maximum atomic E-state index is 11.7. The smallest absolute Gasteiger partial charge is 0.255 e. The Kier molecular flexibility index (Phi) is 5.95. The number of nitrogens with zero attached hydrogens (tertiary/aromatic N) is 2. The van der Waals surface area contributed by atoms with E-state index in [-0.39, 0.29) is 5.56 Å². The van der Waals surface area contributed by atoms with Crippen LogP contribution in [0.3, 0.4) is 0 Å². The second-order valence-corrected chi connectivity index (χ2v) is 5.25. The minimum absolute atomic E-state index is 0.181. The van der Waals surface area contributed by atoms with E-state index in [0.717, 1.165) is 12.0 Å². The van der Waals surface area contributed by atoms with E-state index in [9.17, 15) is 4.79 Å². The normalized spacial score (nSPS) is 10.8. The highest BCUT2D eigenvalue weighted by Gasteiger charge is 2.05. The van der Waals surface area contributed by atoms with Crippen LogP contribution in [0.4, 0.5) is 5.95 Å². The summed E-state index contributed by atoms with van der Waals surface area (Å²) >= 11 is 0. The van der Waals surface area contributed by atoms with E-state index < -0.39 is 0 Å². The van der Waals surface area contributed by atoms with Gasteiger partial charge in [0.15, 0.2) is 11.5 Å². The molecule has 0 saturated heterocycles. The lowest BCUT2D eigenvalue weighted by molar-refractivity contribution is 0.294. The van der Waals surface area contributed by atoms with Gasteiger partial charge in [-0.05, 0) is 44.0 Å². The summed E-state index contributed by atoms with van der Waals surface area (Å²) in [4.78, 5) is 18.5. The average molecular weight is 330 g/mol. The average Bonchev–Trinajstić information content (AvgIpc) is 2.58. The van der Waals surface area contributed by atoms with Gasteiger partial charge in [-0.15, -0.1) is 0 Å². The predicted molar refractivity (Wildman–Crippen MR) is 94.3 cm³/mol. The summed E-state index contributed by atoms with van der Waals surface area (Å²) in [5, 5.41) is 4.10. The van der Waals surface area contributed by atoms with E-state index in [1.54, 1.807) is 27.2 Å². The number of hydrogen-bond acceptors (Lipinski definition) is 6. The molecule has 1 aromatic heterocycles. The van der Waals surface area contributed by atoms with Crippen molar-refractivity contribution >= 4 is 12.2 Å². The molecular weight excluding hydrogens is 308 g/mol. The molecule has 0 amide bonds. The summed E-state index contributed by atoms with van der Waals surface area (Å²) in [7, 11) is 1.60. The molecule has 0 fully saturated rings. The number of hydrazone groups is 1. The summed E-state index contributed by atoms with van der Waals surface area (Å²) in [5.74, 6) is 1.64. The Balaban J connectivity index is 2.12. The van der Waals surface area contributed by atoms with Crippen molar-refractivity contribution in [1.82, 2.24) is 9.97 Å². The van der Waals surface area contributed by atoms with Crippen LogP contribution in [0, 0.1) is 13.8 Å². The molecule has 2 aromatic rings. The van der Waals surface area contributed by atoms with Gasteiger partial charge < -0.3 is 9.47 Å². The number of benzene rings is 1. The van der Waals surface area contributed by atoms with Crippen LogP contribution in [0.2, 0.25) is 0 Å². The molecule has 0 bridgehead atoms. The first-order valence-electron chi connectivity index (χ1n) is 7.72. The summed E-state index contributed by atoms with van der Waals surface area (Å²) in [6.07, 6.45) is 2.53. The van der Waals surface area contributed by atoms with Crippen LogP contribution in [0.25, 0.3) is 0 Å². The number of nitrogens with one attached hydrogen (secondary N) is 2. The zero-order valence-corrected chi connectivity index (χ0v) is 14.3. The molecule has 1 aromatic carbocycles. The van der Waals surface area contributed by atoms with E-state index in [1.807, 2.05) is 25.1 Å². The van der Waals surface area contributed by atoms with Crippen molar-refractivity contribution in [3.8, 4) is 11.5 Å². The van der Waals surface area contributed by atoms with Crippen LogP contribution < -0.4 is 20.5 Å². The third-order valence-corrected chi connectivity index (χ3v) is 3.43. The number of H-pyrrole nitrogens is 1. The highest BCUT2D eigenvalue weighted by Crippen LogP contribution is 2.27. The second kappa shape index (κ2) is 8.14. The maximum Gasteiger partial charge on any atom is 0.255 e. The lowest BCUT2D eigenvalue weighted by atomic mass is 10.2. The van der Waals surface area contributed by atoms with E-state index in [1.165, 1.54) is 0 Å². The van der Waals surface area contributed by atoms with Gasteiger partial charge in [0.05, 0.1) is 19.9 Å². The summed E-state index contributed by atoms with van der Waals surface area (Å²) in [5.41, 5.74) is 4.64. The summed E-state index contributed by atoms with van der Waals surface area (Å²) in [6, 6.07) is 5.53. The van der Waals surface area contributed by atoms with Crippen LogP contribution in [-0.4, -0.2) is 29.9 Å². The van der Waals surface area contributed by atoms with Gasteiger partial charge in [-0.2, -0.15) is 5.10 Å². The minimum Gasteiger partial charge on any atom is -0.493 e. The van der Waals surface area contributed by atoms with Gasteiger partial charge in [0, 0.05) is 11.3 Å². The Morgan fingerprint density at radius 1 is 1.33 bits per heavy atom. The zero-order chi connectivity index (χ0) is 17.5. The Morgan fingerprint density at radius 3 is 2.79 bits per heavy atom. The van der Waals surface area contributed by atoms with Crippen molar-refractivity contribution in [3.05, 3.63) is 45.4 Å². The van der Waals surface area contributed by atoms with E-state index in [4.69, 9.17) is 9.47 Å². The van der Waals surface area contributed by atoms with Gasteiger partial charge in [0.1, 0.15) is 0 Å². The quantitative estimate of drug-likeness (QED) is 0.602. The molecule has 0 aliphatic heterocycles. The van der Waals surface area contributed by atoms with Gasteiger partial charge in [-0.3, -0.25) is 9.78 Å². The Bertz CT molecular complexity index is 784. The Morgan fingerprint density at radius 2 is 2.12 bits per heavy atom. The molecule has 24 heavy (non-hydrogen) atoms. The largest absolute Gasteiger partial charge is 0.493 e. The number of hydrogen-bond donors (Lipinski definition) is 2. The van der Waals surface area contributed by atoms with Crippen molar-refractivity contribution in [2.24, 2.45) is 5.10 Å². The minimum atomic E-state index is -0.181. The third-order valence-electron chi connectivity index (χ3n) is 3.43. The number of rotatable bonds is 7. The summed E-state index contributed by atoms with van der Waals surface area (Å²) < 4.78 is 10.9. The second-order valence-electron chi connectivity index (χ2n) is 5.25.